The van der Waals surface area contributed by atoms with Crippen LogP contribution in [0.2, 0.25) is 0 Å². The molecule has 0 unspecified atom stereocenters. The van der Waals surface area contributed by atoms with E-state index in [-0.39, 0.29) is 12.0 Å². The van der Waals surface area contributed by atoms with Gasteiger partial charge < -0.3 is 10.4 Å². The second-order valence-corrected chi connectivity index (χ2v) is 8.56. The molecule has 2 aliphatic rings. The van der Waals surface area contributed by atoms with Gasteiger partial charge in [0.1, 0.15) is 0 Å². The molecule has 1 heterocycles. The van der Waals surface area contributed by atoms with Crippen molar-refractivity contribution >= 4 is 11.7 Å². The summed E-state index contributed by atoms with van der Waals surface area (Å²) >= 11 is 0. The van der Waals surface area contributed by atoms with Crippen molar-refractivity contribution in [2.45, 2.75) is 38.1 Å². The summed E-state index contributed by atoms with van der Waals surface area (Å²) in [6.45, 7) is 4.40. The largest absolute Gasteiger partial charge is 0.478 e. The van der Waals surface area contributed by atoms with Crippen molar-refractivity contribution in [2.24, 2.45) is 5.92 Å². The maximum atomic E-state index is 11.9. The highest BCUT2D eigenvalue weighted by molar-refractivity contribution is 5.96. The number of carboxylic acids is 1. The van der Waals surface area contributed by atoms with Crippen molar-refractivity contribution in [1.82, 2.24) is 0 Å². The van der Waals surface area contributed by atoms with Gasteiger partial charge in [-0.15, -0.1) is 0 Å². The molecule has 3 aromatic carbocycles. The van der Waals surface area contributed by atoms with E-state index < -0.39 is 5.97 Å². The first-order valence-corrected chi connectivity index (χ1v) is 10.3. The maximum Gasteiger partial charge on any atom is 0.337 e. The van der Waals surface area contributed by atoms with Gasteiger partial charge in [-0.3, -0.25) is 0 Å². The molecule has 3 heteroatoms. The van der Waals surface area contributed by atoms with E-state index in [0.717, 1.165) is 17.7 Å². The molecule has 0 radical (unpaired) electrons. The summed E-state index contributed by atoms with van der Waals surface area (Å²) in [4.78, 5) is 11.9. The van der Waals surface area contributed by atoms with Crippen molar-refractivity contribution < 1.29 is 9.90 Å². The third-order valence-electron chi connectivity index (χ3n) is 6.63. The molecule has 0 aromatic heterocycles. The highest BCUT2D eigenvalue weighted by Crippen LogP contribution is 2.54. The highest BCUT2D eigenvalue weighted by Gasteiger charge is 2.44. The van der Waals surface area contributed by atoms with E-state index >= 15 is 0 Å². The van der Waals surface area contributed by atoms with Crippen LogP contribution >= 0.6 is 0 Å². The Balaban J connectivity index is 1.66. The Morgan fingerprint density at radius 1 is 0.966 bits per heavy atom. The zero-order chi connectivity index (χ0) is 20.1. The number of nitrogens with one attached hydrogen (secondary N) is 1. The Labute approximate surface area is 171 Å². The summed E-state index contributed by atoms with van der Waals surface area (Å²) in [5.74, 6) is 0.199. The van der Waals surface area contributed by atoms with E-state index in [2.05, 4.69) is 73.8 Å². The molecule has 0 fully saturated rings. The molecule has 0 saturated heterocycles. The lowest BCUT2D eigenvalue weighted by molar-refractivity contribution is 0.0697. The molecule has 2 N–H and O–H groups in total. The van der Waals surface area contributed by atoms with Crippen LogP contribution in [-0.4, -0.2) is 11.1 Å². The van der Waals surface area contributed by atoms with Crippen molar-refractivity contribution in [2.75, 3.05) is 5.32 Å². The predicted molar refractivity (Wildman–Crippen MR) is 116 cm³/mol. The molecule has 3 nitrogen and oxygen atoms in total. The van der Waals surface area contributed by atoms with E-state index in [0.29, 0.717) is 17.4 Å². The first-order chi connectivity index (χ1) is 14.0. The second kappa shape index (κ2) is 6.77. The Hall–Kier alpha value is -3.07. The molecule has 29 heavy (non-hydrogen) atoms. The number of fused-ring (bicyclic) bond motifs is 5. The van der Waals surface area contributed by atoms with Gasteiger partial charge in [-0.25, -0.2) is 4.79 Å². The van der Waals surface area contributed by atoms with Gasteiger partial charge in [0, 0.05) is 5.92 Å². The van der Waals surface area contributed by atoms with Gasteiger partial charge in [0.15, 0.2) is 0 Å². The van der Waals surface area contributed by atoms with E-state index in [1.54, 1.807) is 6.07 Å². The van der Waals surface area contributed by atoms with Crippen LogP contribution in [0.15, 0.2) is 66.7 Å². The fourth-order valence-electron chi connectivity index (χ4n) is 5.18. The van der Waals surface area contributed by atoms with Crippen LogP contribution in [0.1, 0.15) is 69.9 Å². The van der Waals surface area contributed by atoms with Crippen LogP contribution in [0.4, 0.5) is 5.69 Å². The minimum absolute atomic E-state index is 0.0848. The summed E-state index contributed by atoms with van der Waals surface area (Å²) in [6, 6.07) is 23.2. The van der Waals surface area contributed by atoms with Crippen LogP contribution in [0.25, 0.3) is 0 Å². The summed E-state index contributed by atoms with van der Waals surface area (Å²) in [6.07, 6.45) is 1.00. The zero-order valence-electron chi connectivity index (χ0n) is 16.7. The quantitative estimate of drug-likeness (QED) is 0.585. The Bertz CT molecular complexity index is 1080. The minimum Gasteiger partial charge on any atom is -0.478 e. The van der Waals surface area contributed by atoms with Crippen LogP contribution in [0.3, 0.4) is 0 Å². The maximum absolute atomic E-state index is 11.9. The Kier molecular flexibility index (Phi) is 4.20. The summed E-state index contributed by atoms with van der Waals surface area (Å²) < 4.78 is 0. The topological polar surface area (TPSA) is 49.3 Å². The molecular formula is C26H25NO2. The molecular weight excluding hydrogens is 358 g/mol. The standard InChI is InChI=1S/C26H25NO2/c1-15(2)16-10-12-17(13-11-16)24-22-14-18-6-3-4-7-19(18)23(22)20-8-5-9-21(26(28)29)25(20)27-24/h3-13,15,22-24,27H,14H2,1-2H3,(H,28,29)/t22-,23+,24-/m0/s1. The molecule has 1 aliphatic carbocycles. The summed E-state index contributed by atoms with van der Waals surface area (Å²) in [5.41, 5.74) is 7.50. The number of hydrogen-bond donors (Lipinski definition) is 2. The number of rotatable bonds is 3. The average molecular weight is 383 g/mol. The lowest BCUT2D eigenvalue weighted by atomic mass is 9.75. The number of para-hydroxylation sites is 1. The van der Waals surface area contributed by atoms with Crippen LogP contribution < -0.4 is 5.32 Å². The number of aromatic carboxylic acids is 1. The van der Waals surface area contributed by atoms with Crippen LogP contribution in [0, 0.1) is 5.92 Å². The fraction of sp³-hybridized carbons (Fsp3) is 0.269. The van der Waals surface area contributed by atoms with Gasteiger partial charge in [-0.2, -0.15) is 0 Å². The van der Waals surface area contributed by atoms with E-state index in [1.165, 1.54) is 22.3 Å². The zero-order valence-corrected chi connectivity index (χ0v) is 16.7. The van der Waals surface area contributed by atoms with E-state index in [4.69, 9.17) is 0 Å². The van der Waals surface area contributed by atoms with Gasteiger partial charge >= 0.3 is 5.97 Å². The van der Waals surface area contributed by atoms with Crippen molar-refractivity contribution in [3.63, 3.8) is 0 Å². The van der Waals surface area contributed by atoms with Gasteiger partial charge in [0.2, 0.25) is 0 Å². The molecule has 1 aliphatic heterocycles. The average Bonchev–Trinajstić information content (AvgIpc) is 3.12. The number of benzene rings is 3. The lowest BCUT2D eigenvalue weighted by Crippen LogP contribution is -2.31. The smallest absolute Gasteiger partial charge is 0.337 e. The van der Waals surface area contributed by atoms with Crippen molar-refractivity contribution in [1.29, 1.82) is 0 Å². The predicted octanol–water partition coefficient (Wildman–Crippen LogP) is 5.98. The van der Waals surface area contributed by atoms with Crippen LogP contribution in [-0.2, 0) is 6.42 Å². The molecule has 3 atom stereocenters. The molecule has 0 amide bonds. The van der Waals surface area contributed by atoms with E-state index in [9.17, 15) is 9.90 Å². The third kappa shape index (κ3) is 2.84. The number of hydrogen-bond acceptors (Lipinski definition) is 2. The number of carbonyl (C=O) groups is 1. The molecule has 3 aromatic rings. The first kappa shape index (κ1) is 18.0. The van der Waals surface area contributed by atoms with Gasteiger partial charge in [-0.1, -0.05) is 74.5 Å². The Morgan fingerprint density at radius 3 is 2.41 bits per heavy atom. The van der Waals surface area contributed by atoms with Gasteiger partial charge in [-0.05, 0) is 52.1 Å². The van der Waals surface area contributed by atoms with Gasteiger partial charge in [0.05, 0.1) is 17.3 Å². The summed E-state index contributed by atoms with van der Waals surface area (Å²) in [5, 5.41) is 13.4. The van der Waals surface area contributed by atoms with Crippen molar-refractivity contribution in [3.8, 4) is 0 Å². The van der Waals surface area contributed by atoms with Crippen molar-refractivity contribution in [3.05, 3.63) is 100 Å². The van der Waals surface area contributed by atoms with Gasteiger partial charge in [0.25, 0.3) is 0 Å². The molecule has 0 saturated carbocycles. The number of carboxylic acid groups (broad SMARTS) is 1. The molecule has 5 rings (SSSR count). The first-order valence-electron chi connectivity index (χ1n) is 10.3. The second-order valence-electron chi connectivity index (χ2n) is 8.56. The number of anilines is 1. The molecule has 146 valence electrons. The third-order valence-corrected chi connectivity index (χ3v) is 6.63. The minimum atomic E-state index is -0.881. The molecule has 0 bridgehead atoms. The lowest BCUT2D eigenvalue weighted by Gasteiger charge is -2.38. The van der Waals surface area contributed by atoms with E-state index in [1.807, 2.05) is 6.07 Å². The normalized spacial score (nSPS) is 21.8. The Morgan fingerprint density at radius 2 is 1.69 bits per heavy atom. The summed E-state index contributed by atoms with van der Waals surface area (Å²) in [7, 11) is 0. The fourth-order valence-corrected chi connectivity index (χ4v) is 5.18. The van der Waals surface area contributed by atoms with Crippen LogP contribution in [0.5, 0.6) is 0 Å². The SMILES string of the molecule is CC(C)c1ccc([C@@H]2Nc3c(C(=O)O)cccc3[C@H]3c4ccccc4C[C@@H]32)cc1. The monoisotopic (exact) mass is 383 g/mol. The highest BCUT2D eigenvalue weighted by atomic mass is 16.4. The molecule has 0 spiro atoms.